The molecule has 2 rings (SSSR count). The molecule has 3 N–H and O–H groups in total. The van der Waals surface area contributed by atoms with Gasteiger partial charge in [0.05, 0.1) is 12.2 Å². The number of nitrogens with one attached hydrogen (secondary N) is 3. The largest absolute Gasteiger partial charge is 0.352 e. The normalized spacial score (nSPS) is 10.8. The highest BCUT2D eigenvalue weighted by Gasteiger charge is 2.15. The van der Waals surface area contributed by atoms with Crippen molar-refractivity contribution in [3.8, 4) is 0 Å². The third-order valence-electron chi connectivity index (χ3n) is 3.30. The van der Waals surface area contributed by atoms with E-state index in [1.807, 2.05) is 0 Å². The highest BCUT2D eigenvalue weighted by Crippen LogP contribution is 2.19. The zero-order valence-electron chi connectivity index (χ0n) is 14.2. The number of benzene rings is 2. The molecule has 0 aliphatic rings. The third-order valence-corrected chi connectivity index (χ3v) is 3.30. The summed E-state index contributed by atoms with van der Waals surface area (Å²) in [5, 5.41) is 7.65. The van der Waals surface area contributed by atoms with E-state index in [9.17, 15) is 22.4 Å². The van der Waals surface area contributed by atoms with Crippen LogP contribution in [0.4, 0.5) is 23.2 Å². The lowest BCUT2D eigenvalue weighted by molar-refractivity contribution is -0.115. The maximum absolute atomic E-state index is 13.5. The van der Waals surface area contributed by atoms with E-state index in [0.29, 0.717) is 11.6 Å². The fraction of sp³-hybridized carbons (Fsp3) is 0.176. The standard InChI is InChI=1S/C17H16F4N4O.HI/c1-22-17(23-8-10-3-2-4-11(18)7-10)24-9-14(26)25-13-6-5-12(19)15(20)16(13)21;/h2-7H,8-9H2,1H3,(H,25,26)(H2,22,23,24);1H. The van der Waals surface area contributed by atoms with Crippen molar-refractivity contribution in [1.82, 2.24) is 10.6 Å². The monoisotopic (exact) mass is 496 g/mol. The predicted molar refractivity (Wildman–Crippen MR) is 105 cm³/mol. The minimum absolute atomic E-state index is 0. The Bertz CT molecular complexity index is 833. The molecule has 1 amide bonds. The van der Waals surface area contributed by atoms with Gasteiger partial charge in [-0.1, -0.05) is 12.1 Å². The molecule has 0 bridgehead atoms. The zero-order chi connectivity index (χ0) is 19.1. The minimum atomic E-state index is -1.66. The molecule has 0 heterocycles. The van der Waals surface area contributed by atoms with Gasteiger partial charge in [0.25, 0.3) is 0 Å². The van der Waals surface area contributed by atoms with Gasteiger partial charge in [0.2, 0.25) is 5.91 Å². The average Bonchev–Trinajstić information content (AvgIpc) is 2.62. The van der Waals surface area contributed by atoms with Crippen LogP contribution in [-0.2, 0) is 11.3 Å². The lowest BCUT2D eigenvalue weighted by atomic mass is 10.2. The number of aliphatic imine (C=N–C) groups is 1. The van der Waals surface area contributed by atoms with Crippen molar-refractivity contribution in [2.24, 2.45) is 4.99 Å². The van der Waals surface area contributed by atoms with Crippen molar-refractivity contribution < 1.29 is 22.4 Å². The van der Waals surface area contributed by atoms with Crippen LogP contribution in [0.2, 0.25) is 0 Å². The van der Waals surface area contributed by atoms with Crippen LogP contribution in [-0.4, -0.2) is 25.5 Å². The van der Waals surface area contributed by atoms with E-state index >= 15 is 0 Å². The van der Waals surface area contributed by atoms with E-state index < -0.39 is 29.0 Å². The highest BCUT2D eigenvalue weighted by atomic mass is 127. The molecular formula is C17H17F4IN4O. The van der Waals surface area contributed by atoms with Crippen LogP contribution < -0.4 is 16.0 Å². The summed E-state index contributed by atoms with van der Waals surface area (Å²) in [5.74, 6) is -5.31. The number of rotatable bonds is 5. The first-order valence-corrected chi connectivity index (χ1v) is 7.53. The van der Waals surface area contributed by atoms with Crippen LogP contribution in [0.5, 0.6) is 0 Å². The summed E-state index contributed by atoms with van der Waals surface area (Å²) in [6, 6.07) is 7.56. The van der Waals surface area contributed by atoms with Gasteiger partial charge in [-0.05, 0) is 29.8 Å². The molecule has 0 aliphatic heterocycles. The Labute approximate surface area is 170 Å². The van der Waals surface area contributed by atoms with Crippen LogP contribution in [0, 0.1) is 23.3 Å². The molecule has 5 nitrogen and oxygen atoms in total. The number of carbonyl (C=O) groups is 1. The van der Waals surface area contributed by atoms with Gasteiger partial charge in [0.1, 0.15) is 5.82 Å². The van der Waals surface area contributed by atoms with Crippen LogP contribution in [0.25, 0.3) is 0 Å². The number of halogens is 5. The fourth-order valence-electron chi connectivity index (χ4n) is 2.03. The molecule has 0 atom stereocenters. The molecule has 2 aromatic rings. The van der Waals surface area contributed by atoms with Crippen LogP contribution in [0.3, 0.4) is 0 Å². The molecule has 146 valence electrons. The van der Waals surface area contributed by atoms with Gasteiger partial charge >= 0.3 is 0 Å². The van der Waals surface area contributed by atoms with E-state index in [0.717, 1.165) is 6.07 Å². The first-order chi connectivity index (χ1) is 12.4. The molecule has 0 fully saturated rings. The van der Waals surface area contributed by atoms with Crippen molar-refractivity contribution in [1.29, 1.82) is 0 Å². The van der Waals surface area contributed by atoms with E-state index in [1.165, 1.54) is 19.2 Å². The van der Waals surface area contributed by atoms with Gasteiger partial charge < -0.3 is 16.0 Å². The SMILES string of the molecule is CN=C(NCC(=O)Nc1ccc(F)c(F)c1F)NCc1cccc(F)c1.I. The fourth-order valence-corrected chi connectivity index (χ4v) is 2.03. The minimum Gasteiger partial charge on any atom is -0.352 e. The number of amides is 1. The number of nitrogens with zero attached hydrogens (tertiary/aromatic N) is 1. The quantitative estimate of drug-likeness (QED) is 0.196. The summed E-state index contributed by atoms with van der Waals surface area (Å²) in [6.07, 6.45) is 0. The summed E-state index contributed by atoms with van der Waals surface area (Å²) in [6.45, 7) is -0.0435. The van der Waals surface area contributed by atoms with Crippen LogP contribution >= 0.6 is 24.0 Å². The summed E-state index contributed by atoms with van der Waals surface area (Å²) in [7, 11) is 1.47. The Morgan fingerprint density at radius 1 is 1.04 bits per heavy atom. The summed E-state index contributed by atoms with van der Waals surface area (Å²) in [4.78, 5) is 15.7. The molecule has 0 saturated carbocycles. The van der Waals surface area contributed by atoms with Crippen molar-refractivity contribution in [3.63, 3.8) is 0 Å². The molecular weight excluding hydrogens is 479 g/mol. The van der Waals surface area contributed by atoms with Crippen molar-refractivity contribution in [3.05, 3.63) is 65.2 Å². The maximum atomic E-state index is 13.5. The topological polar surface area (TPSA) is 65.5 Å². The Balaban J connectivity index is 0.00000364. The molecule has 0 unspecified atom stereocenters. The number of anilines is 1. The molecule has 0 aromatic heterocycles. The van der Waals surface area contributed by atoms with E-state index in [2.05, 4.69) is 20.9 Å². The first kappa shape index (κ1) is 22.7. The Morgan fingerprint density at radius 2 is 1.78 bits per heavy atom. The Hall–Kier alpha value is -2.37. The van der Waals surface area contributed by atoms with Crippen molar-refractivity contribution in [2.45, 2.75) is 6.54 Å². The molecule has 0 radical (unpaired) electrons. The molecule has 27 heavy (non-hydrogen) atoms. The van der Waals surface area contributed by atoms with Crippen LogP contribution in [0.15, 0.2) is 41.4 Å². The smallest absolute Gasteiger partial charge is 0.243 e. The van der Waals surface area contributed by atoms with Gasteiger partial charge in [0.15, 0.2) is 23.4 Å². The first-order valence-electron chi connectivity index (χ1n) is 7.53. The predicted octanol–water partition coefficient (Wildman–Crippen LogP) is 3.16. The second kappa shape index (κ2) is 10.7. The van der Waals surface area contributed by atoms with E-state index in [-0.39, 0.29) is 48.8 Å². The number of hydrogen-bond acceptors (Lipinski definition) is 2. The summed E-state index contributed by atoms with van der Waals surface area (Å²) in [5.41, 5.74) is 0.194. The van der Waals surface area contributed by atoms with Gasteiger partial charge in [-0.2, -0.15) is 0 Å². The van der Waals surface area contributed by atoms with Gasteiger partial charge in [-0.25, -0.2) is 17.6 Å². The Morgan fingerprint density at radius 3 is 2.44 bits per heavy atom. The van der Waals surface area contributed by atoms with Crippen molar-refractivity contribution in [2.75, 3.05) is 18.9 Å². The van der Waals surface area contributed by atoms with E-state index in [1.54, 1.807) is 12.1 Å². The van der Waals surface area contributed by atoms with Crippen molar-refractivity contribution >= 4 is 41.5 Å². The number of guanidine groups is 1. The molecule has 2 aromatic carbocycles. The average molecular weight is 496 g/mol. The summed E-state index contributed by atoms with van der Waals surface area (Å²) < 4.78 is 52.6. The van der Waals surface area contributed by atoms with E-state index in [4.69, 9.17) is 0 Å². The van der Waals surface area contributed by atoms with Gasteiger partial charge in [-0.3, -0.25) is 9.79 Å². The Kier molecular flexibility index (Phi) is 8.98. The van der Waals surface area contributed by atoms with Gasteiger partial charge in [-0.15, -0.1) is 24.0 Å². The lowest BCUT2D eigenvalue weighted by Gasteiger charge is -2.12. The second-order valence-electron chi connectivity index (χ2n) is 5.18. The van der Waals surface area contributed by atoms with Gasteiger partial charge in [0, 0.05) is 13.6 Å². The lowest BCUT2D eigenvalue weighted by Crippen LogP contribution is -2.41. The third kappa shape index (κ3) is 6.70. The number of carbonyl (C=O) groups excluding carboxylic acids is 1. The highest BCUT2D eigenvalue weighted by molar-refractivity contribution is 14.0. The van der Waals surface area contributed by atoms with Crippen LogP contribution in [0.1, 0.15) is 5.56 Å². The maximum Gasteiger partial charge on any atom is 0.243 e. The molecule has 0 spiro atoms. The second-order valence-corrected chi connectivity index (χ2v) is 5.18. The molecule has 0 aliphatic carbocycles. The number of hydrogen-bond donors (Lipinski definition) is 3. The molecule has 10 heteroatoms. The zero-order valence-corrected chi connectivity index (χ0v) is 16.5. The summed E-state index contributed by atoms with van der Waals surface area (Å²) >= 11 is 0. The molecule has 0 saturated heterocycles.